The van der Waals surface area contributed by atoms with Crippen LogP contribution < -0.4 is 5.30 Å². The van der Waals surface area contributed by atoms with Gasteiger partial charge in [0.15, 0.2) is 0 Å². The molecule has 1 rings (SSSR count). The Labute approximate surface area is 167 Å². The summed E-state index contributed by atoms with van der Waals surface area (Å²) in [7, 11) is -3.63. The van der Waals surface area contributed by atoms with Crippen LogP contribution in [0, 0.1) is 0 Å². The molecular weight excluding hydrogens is 355 g/mol. The molecule has 156 valence electrons. The third-order valence-corrected chi connectivity index (χ3v) is 6.58. The number of hydrogen-bond acceptors (Lipinski definition) is 2. The lowest BCUT2D eigenvalue weighted by molar-refractivity contribution is 0.261. The Kier molecular flexibility index (Phi) is 14.8. The summed E-state index contributed by atoms with van der Waals surface area (Å²) in [6.45, 7) is 2.63. The lowest BCUT2D eigenvalue weighted by Crippen LogP contribution is -2.07. The standard InChI is InChI=1S/C23H41O3P/c1-2-3-4-5-6-7-8-9-10-11-12-13-14-15-19-22-26-27(24,25)23-20-17-16-18-21-23/h16-18,20-21H,2-15,19,22H2,1H3,(H,24,25). The van der Waals surface area contributed by atoms with E-state index in [0.29, 0.717) is 11.9 Å². The minimum atomic E-state index is -3.63. The van der Waals surface area contributed by atoms with E-state index in [-0.39, 0.29) is 0 Å². The molecule has 1 unspecified atom stereocenters. The summed E-state index contributed by atoms with van der Waals surface area (Å²) in [6.07, 6.45) is 19.7. The van der Waals surface area contributed by atoms with Crippen LogP contribution in [0.15, 0.2) is 30.3 Å². The Bertz CT molecular complexity index is 490. The molecule has 0 aliphatic rings. The van der Waals surface area contributed by atoms with Crippen molar-refractivity contribution in [3.8, 4) is 0 Å². The number of hydrogen-bond donors (Lipinski definition) is 1. The van der Waals surface area contributed by atoms with Gasteiger partial charge in [-0.25, -0.2) is 0 Å². The smallest absolute Gasteiger partial charge is 0.321 e. The van der Waals surface area contributed by atoms with E-state index in [1.165, 1.54) is 83.5 Å². The molecule has 0 saturated heterocycles. The summed E-state index contributed by atoms with van der Waals surface area (Å²) in [5.41, 5.74) is 0. The van der Waals surface area contributed by atoms with Crippen LogP contribution >= 0.6 is 7.60 Å². The summed E-state index contributed by atoms with van der Waals surface area (Å²) < 4.78 is 17.3. The molecule has 3 nitrogen and oxygen atoms in total. The van der Waals surface area contributed by atoms with Crippen molar-refractivity contribution in [3.63, 3.8) is 0 Å². The molecule has 0 fully saturated rings. The van der Waals surface area contributed by atoms with Gasteiger partial charge in [0.25, 0.3) is 0 Å². The summed E-state index contributed by atoms with van der Waals surface area (Å²) >= 11 is 0. The molecule has 4 heteroatoms. The topological polar surface area (TPSA) is 46.5 Å². The molecule has 0 heterocycles. The average Bonchev–Trinajstić information content (AvgIpc) is 2.68. The molecule has 0 aliphatic heterocycles. The van der Waals surface area contributed by atoms with Gasteiger partial charge in [-0.2, -0.15) is 0 Å². The zero-order valence-electron chi connectivity index (χ0n) is 17.4. The SMILES string of the molecule is CCCCCCCCCCCCCCCCCOP(=O)(O)c1ccccc1. The summed E-state index contributed by atoms with van der Waals surface area (Å²) in [4.78, 5) is 9.93. The van der Waals surface area contributed by atoms with Crippen LogP contribution in [0.2, 0.25) is 0 Å². The number of benzene rings is 1. The lowest BCUT2D eigenvalue weighted by Gasteiger charge is -2.12. The molecule has 0 bridgehead atoms. The van der Waals surface area contributed by atoms with Crippen LogP contribution in [-0.4, -0.2) is 11.5 Å². The van der Waals surface area contributed by atoms with E-state index in [1.807, 2.05) is 6.07 Å². The second-order valence-corrected chi connectivity index (χ2v) is 9.45. The zero-order valence-corrected chi connectivity index (χ0v) is 18.3. The maximum atomic E-state index is 12.1. The van der Waals surface area contributed by atoms with Crippen LogP contribution in [0.3, 0.4) is 0 Å². The fraction of sp³-hybridized carbons (Fsp3) is 0.739. The minimum Gasteiger partial charge on any atom is -0.321 e. The minimum absolute atomic E-state index is 0.362. The third kappa shape index (κ3) is 13.2. The van der Waals surface area contributed by atoms with Crippen LogP contribution in [0.4, 0.5) is 0 Å². The first kappa shape index (κ1) is 24.4. The number of unbranched alkanes of at least 4 members (excludes halogenated alkanes) is 14. The first-order valence-electron chi connectivity index (χ1n) is 11.2. The zero-order chi connectivity index (χ0) is 19.6. The van der Waals surface area contributed by atoms with E-state index >= 15 is 0 Å². The van der Waals surface area contributed by atoms with E-state index in [1.54, 1.807) is 24.3 Å². The van der Waals surface area contributed by atoms with E-state index < -0.39 is 7.60 Å². The summed E-state index contributed by atoms with van der Waals surface area (Å²) in [6, 6.07) is 8.64. The Morgan fingerprint density at radius 1 is 0.704 bits per heavy atom. The Morgan fingerprint density at radius 3 is 1.56 bits per heavy atom. The van der Waals surface area contributed by atoms with Crippen molar-refractivity contribution in [2.24, 2.45) is 0 Å². The van der Waals surface area contributed by atoms with Crippen LogP contribution in [0.1, 0.15) is 103 Å². The normalized spacial score (nSPS) is 13.6. The van der Waals surface area contributed by atoms with Gasteiger partial charge in [-0.15, -0.1) is 0 Å². The fourth-order valence-electron chi connectivity index (χ4n) is 3.35. The van der Waals surface area contributed by atoms with Crippen LogP contribution in [0.5, 0.6) is 0 Å². The molecule has 1 atom stereocenters. The predicted molar refractivity (Wildman–Crippen MR) is 117 cm³/mol. The second-order valence-electron chi connectivity index (χ2n) is 7.64. The van der Waals surface area contributed by atoms with Crippen molar-refractivity contribution < 1.29 is 14.0 Å². The molecule has 27 heavy (non-hydrogen) atoms. The predicted octanol–water partition coefficient (Wildman–Crippen LogP) is 7.39. The van der Waals surface area contributed by atoms with Crippen LogP contribution in [0.25, 0.3) is 0 Å². The van der Waals surface area contributed by atoms with Gasteiger partial charge < -0.3 is 9.42 Å². The van der Waals surface area contributed by atoms with Crippen molar-refractivity contribution in [2.75, 3.05) is 6.61 Å². The average molecular weight is 397 g/mol. The Morgan fingerprint density at radius 2 is 1.11 bits per heavy atom. The molecule has 1 N–H and O–H groups in total. The van der Waals surface area contributed by atoms with Gasteiger partial charge in [0.2, 0.25) is 0 Å². The van der Waals surface area contributed by atoms with Gasteiger partial charge in [-0.05, 0) is 18.6 Å². The first-order valence-corrected chi connectivity index (χ1v) is 12.8. The monoisotopic (exact) mass is 396 g/mol. The fourth-order valence-corrected chi connectivity index (χ4v) is 4.43. The summed E-state index contributed by atoms with van der Waals surface area (Å²) in [5.74, 6) is 0. The highest BCUT2D eigenvalue weighted by molar-refractivity contribution is 7.61. The van der Waals surface area contributed by atoms with Gasteiger partial charge in [0.05, 0.1) is 11.9 Å². The lowest BCUT2D eigenvalue weighted by atomic mass is 10.0. The number of rotatable bonds is 18. The Balaban J connectivity index is 1.84. The van der Waals surface area contributed by atoms with Crippen molar-refractivity contribution in [3.05, 3.63) is 30.3 Å². The molecule has 1 aromatic rings. The third-order valence-electron chi connectivity index (χ3n) is 5.10. The highest BCUT2D eigenvalue weighted by Gasteiger charge is 2.21. The molecule has 0 spiro atoms. The highest BCUT2D eigenvalue weighted by Crippen LogP contribution is 2.40. The van der Waals surface area contributed by atoms with Crippen molar-refractivity contribution in [1.29, 1.82) is 0 Å². The van der Waals surface area contributed by atoms with Gasteiger partial charge in [0, 0.05) is 0 Å². The molecule has 0 radical (unpaired) electrons. The van der Waals surface area contributed by atoms with Gasteiger partial charge >= 0.3 is 7.60 Å². The second kappa shape index (κ2) is 16.3. The maximum Gasteiger partial charge on any atom is 0.358 e. The molecular formula is C23H41O3P. The van der Waals surface area contributed by atoms with Gasteiger partial charge in [0.1, 0.15) is 0 Å². The Hall–Kier alpha value is -0.630. The van der Waals surface area contributed by atoms with E-state index in [4.69, 9.17) is 4.52 Å². The van der Waals surface area contributed by atoms with E-state index in [0.717, 1.165) is 12.8 Å². The van der Waals surface area contributed by atoms with Gasteiger partial charge in [-0.3, -0.25) is 4.57 Å². The van der Waals surface area contributed by atoms with Crippen LogP contribution in [-0.2, 0) is 9.09 Å². The molecule has 0 aromatic heterocycles. The quantitative estimate of drug-likeness (QED) is 0.208. The van der Waals surface area contributed by atoms with E-state index in [9.17, 15) is 9.46 Å². The summed E-state index contributed by atoms with van der Waals surface area (Å²) in [5, 5.41) is 0.381. The molecule has 1 aromatic carbocycles. The first-order chi connectivity index (χ1) is 13.2. The van der Waals surface area contributed by atoms with Gasteiger partial charge in [-0.1, -0.05) is 115 Å². The molecule has 0 amide bonds. The molecule has 0 aliphatic carbocycles. The van der Waals surface area contributed by atoms with Crippen molar-refractivity contribution in [1.82, 2.24) is 0 Å². The largest absolute Gasteiger partial charge is 0.358 e. The molecule has 0 saturated carbocycles. The van der Waals surface area contributed by atoms with Crippen molar-refractivity contribution in [2.45, 2.75) is 103 Å². The van der Waals surface area contributed by atoms with E-state index in [2.05, 4.69) is 6.92 Å². The van der Waals surface area contributed by atoms with Crippen molar-refractivity contribution >= 4 is 12.9 Å². The highest BCUT2D eigenvalue weighted by atomic mass is 31.2. The maximum absolute atomic E-state index is 12.1.